The van der Waals surface area contributed by atoms with E-state index in [0.717, 1.165) is 12.3 Å². The first-order chi connectivity index (χ1) is 7.85. The van der Waals surface area contributed by atoms with Gasteiger partial charge in [-0.1, -0.05) is 0 Å². The summed E-state index contributed by atoms with van der Waals surface area (Å²) in [6, 6.07) is 5.92. The summed E-state index contributed by atoms with van der Waals surface area (Å²) >= 11 is 0. The molecule has 0 spiro atoms. The molecule has 0 amide bonds. The molecule has 1 fully saturated rings. The van der Waals surface area contributed by atoms with Crippen molar-refractivity contribution in [1.82, 2.24) is 4.90 Å². The SMILES string of the molecule is N#CC1CN(C(CN)c2ccco2)CCO1. The highest BCUT2D eigenvalue weighted by Crippen LogP contribution is 2.22. The van der Waals surface area contributed by atoms with Gasteiger partial charge in [-0.05, 0) is 12.1 Å². The third-order valence-electron chi connectivity index (χ3n) is 2.78. The summed E-state index contributed by atoms with van der Waals surface area (Å²) in [7, 11) is 0. The number of nitrogens with two attached hydrogens (primary N) is 1. The summed E-state index contributed by atoms with van der Waals surface area (Å²) in [5.41, 5.74) is 5.76. The summed E-state index contributed by atoms with van der Waals surface area (Å²) in [6.07, 6.45) is 1.28. The maximum atomic E-state index is 8.84. The molecule has 1 aromatic heterocycles. The molecule has 5 nitrogen and oxygen atoms in total. The lowest BCUT2D eigenvalue weighted by Crippen LogP contribution is -2.45. The number of morpholine rings is 1. The van der Waals surface area contributed by atoms with E-state index < -0.39 is 0 Å². The van der Waals surface area contributed by atoms with Crippen LogP contribution in [0.2, 0.25) is 0 Å². The minimum absolute atomic E-state index is 0.0368. The fraction of sp³-hybridized carbons (Fsp3) is 0.545. The van der Waals surface area contributed by atoms with Crippen LogP contribution in [-0.4, -0.2) is 37.2 Å². The van der Waals surface area contributed by atoms with Crippen LogP contribution in [0.5, 0.6) is 0 Å². The molecule has 16 heavy (non-hydrogen) atoms. The Morgan fingerprint density at radius 2 is 2.56 bits per heavy atom. The van der Waals surface area contributed by atoms with Gasteiger partial charge in [-0.15, -0.1) is 0 Å². The fourth-order valence-corrected chi connectivity index (χ4v) is 1.96. The van der Waals surface area contributed by atoms with E-state index in [1.54, 1.807) is 6.26 Å². The predicted octanol–water partition coefficient (Wildman–Crippen LogP) is 0.504. The van der Waals surface area contributed by atoms with Crippen molar-refractivity contribution >= 4 is 0 Å². The smallest absolute Gasteiger partial charge is 0.156 e. The highest BCUT2D eigenvalue weighted by molar-refractivity contribution is 5.06. The number of nitrogens with zero attached hydrogens (tertiary/aromatic N) is 2. The number of nitriles is 1. The maximum absolute atomic E-state index is 8.84. The molecular weight excluding hydrogens is 206 g/mol. The summed E-state index contributed by atoms with van der Waals surface area (Å²) in [4.78, 5) is 2.14. The Balaban J connectivity index is 2.07. The Kier molecular flexibility index (Phi) is 3.57. The Labute approximate surface area is 94.4 Å². The number of hydrogen-bond donors (Lipinski definition) is 1. The first-order valence-electron chi connectivity index (χ1n) is 5.34. The van der Waals surface area contributed by atoms with Crippen molar-refractivity contribution in [2.24, 2.45) is 5.73 Å². The molecule has 86 valence electrons. The Hall–Kier alpha value is -1.35. The Morgan fingerprint density at radius 3 is 3.19 bits per heavy atom. The first kappa shape index (κ1) is 11.1. The minimum atomic E-state index is -0.363. The molecule has 2 N–H and O–H groups in total. The van der Waals surface area contributed by atoms with Gasteiger partial charge in [-0.25, -0.2) is 0 Å². The van der Waals surface area contributed by atoms with Crippen LogP contribution in [0.1, 0.15) is 11.8 Å². The molecular formula is C11H15N3O2. The van der Waals surface area contributed by atoms with Crippen LogP contribution < -0.4 is 5.73 Å². The fourth-order valence-electron chi connectivity index (χ4n) is 1.96. The lowest BCUT2D eigenvalue weighted by Gasteiger charge is -2.34. The van der Waals surface area contributed by atoms with Gasteiger partial charge in [-0.3, -0.25) is 4.90 Å². The second kappa shape index (κ2) is 5.12. The van der Waals surface area contributed by atoms with Crippen molar-refractivity contribution in [2.75, 3.05) is 26.2 Å². The van der Waals surface area contributed by atoms with E-state index in [2.05, 4.69) is 11.0 Å². The minimum Gasteiger partial charge on any atom is -0.468 e. The molecule has 1 aliphatic rings. The van der Waals surface area contributed by atoms with E-state index in [1.807, 2.05) is 12.1 Å². The van der Waals surface area contributed by atoms with Crippen molar-refractivity contribution in [1.29, 1.82) is 5.26 Å². The van der Waals surface area contributed by atoms with E-state index in [0.29, 0.717) is 19.7 Å². The van der Waals surface area contributed by atoms with Crippen molar-refractivity contribution in [3.63, 3.8) is 0 Å². The van der Waals surface area contributed by atoms with Gasteiger partial charge in [0.2, 0.25) is 0 Å². The molecule has 0 bridgehead atoms. The highest BCUT2D eigenvalue weighted by Gasteiger charge is 2.27. The number of furan rings is 1. The van der Waals surface area contributed by atoms with Gasteiger partial charge >= 0.3 is 0 Å². The molecule has 2 heterocycles. The van der Waals surface area contributed by atoms with Gasteiger partial charge in [-0.2, -0.15) is 5.26 Å². The molecule has 1 aromatic rings. The molecule has 5 heteroatoms. The van der Waals surface area contributed by atoms with Crippen LogP contribution in [0.25, 0.3) is 0 Å². The van der Waals surface area contributed by atoms with E-state index in [4.69, 9.17) is 20.1 Å². The molecule has 1 saturated heterocycles. The van der Waals surface area contributed by atoms with Crippen LogP contribution >= 0.6 is 0 Å². The zero-order valence-electron chi connectivity index (χ0n) is 9.00. The monoisotopic (exact) mass is 221 g/mol. The summed E-state index contributed by atoms with van der Waals surface area (Å²) < 4.78 is 10.7. The lowest BCUT2D eigenvalue weighted by atomic mass is 10.1. The van der Waals surface area contributed by atoms with Gasteiger partial charge in [0.1, 0.15) is 5.76 Å². The molecule has 0 aromatic carbocycles. The quantitative estimate of drug-likeness (QED) is 0.804. The van der Waals surface area contributed by atoms with Gasteiger partial charge in [0.05, 0.1) is 25.0 Å². The molecule has 0 saturated carbocycles. The van der Waals surface area contributed by atoms with Crippen LogP contribution in [0.15, 0.2) is 22.8 Å². The van der Waals surface area contributed by atoms with Crippen LogP contribution in [0.4, 0.5) is 0 Å². The zero-order chi connectivity index (χ0) is 11.4. The molecule has 2 atom stereocenters. The van der Waals surface area contributed by atoms with E-state index in [9.17, 15) is 0 Å². The van der Waals surface area contributed by atoms with Gasteiger partial charge in [0.15, 0.2) is 6.10 Å². The second-order valence-corrected chi connectivity index (χ2v) is 3.75. The summed E-state index contributed by atoms with van der Waals surface area (Å²) in [5, 5.41) is 8.84. The molecule has 2 unspecified atom stereocenters. The predicted molar refractivity (Wildman–Crippen MR) is 57.4 cm³/mol. The van der Waals surface area contributed by atoms with Crippen LogP contribution in [0.3, 0.4) is 0 Å². The topological polar surface area (TPSA) is 75.4 Å². The molecule has 0 aliphatic carbocycles. The van der Waals surface area contributed by atoms with Crippen LogP contribution in [-0.2, 0) is 4.74 Å². The second-order valence-electron chi connectivity index (χ2n) is 3.75. The van der Waals surface area contributed by atoms with Gasteiger partial charge in [0.25, 0.3) is 0 Å². The first-order valence-corrected chi connectivity index (χ1v) is 5.34. The Morgan fingerprint density at radius 1 is 1.69 bits per heavy atom. The van der Waals surface area contributed by atoms with E-state index in [1.165, 1.54) is 0 Å². The van der Waals surface area contributed by atoms with E-state index in [-0.39, 0.29) is 12.1 Å². The average Bonchev–Trinajstić information content (AvgIpc) is 2.84. The van der Waals surface area contributed by atoms with E-state index >= 15 is 0 Å². The molecule has 0 radical (unpaired) electrons. The van der Waals surface area contributed by atoms with Crippen LogP contribution in [0, 0.1) is 11.3 Å². The Bertz CT molecular complexity index is 358. The molecule has 2 rings (SSSR count). The van der Waals surface area contributed by atoms with Crippen molar-refractivity contribution in [3.8, 4) is 6.07 Å². The van der Waals surface area contributed by atoms with Crippen molar-refractivity contribution < 1.29 is 9.15 Å². The third-order valence-corrected chi connectivity index (χ3v) is 2.78. The number of rotatable bonds is 3. The summed E-state index contributed by atoms with van der Waals surface area (Å²) in [5.74, 6) is 0.848. The zero-order valence-corrected chi connectivity index (χ0v) is 9.00. The van der Waals surface area contributed by atoms with Gasteiger partial charge < -0.3 is 14.9 Å². The van der Waals surface area contributed by atoms with Gasteiger partial charge in [0, 0.05) is 19.6 Å². The highest BCUT2D eigenvalue weighted by atomic mass is 16.5. The number of hydrogen-bond acceptors (Lipinski definition) is 5. The van der Waals surface area contributed by atoms with Crippen molar-refractivity contribution in [2.45, 2.75) is 12.1 Å². The third kappa shape index (κ3) is 2.25. The largest absolute Gasteiger partial charge is 0.468 e. The summed E-state index contributed by atoms with van der Waals surface area (Å²) in [6.45, 7) is 2.40. The normalized spacial score (nSPS) is 23.9. The standard InChI is InChI=1S/C11H15N3O2/c12-6-9-8-14(3-5-15-9)10(7-13)11-2-1-4-16-11/h1-2,4,9-10H,3,5,7-8,13H2. The number of ether oxygens (including phenoxy) is 1. The average molecular weight is 221 g/mol. The maximum Gasteiger partial charge on any atom is 0.156 e. The lowest BCUT2D eigenvalue weighted by molar-refractivity contribution is -0.0194. The molecule has 1 aliphatic heterocycles. The van der Waals surface area contributed by atoms with Crippen molar-refractivity contribution in [3.05, 3.63) is 24.2 Å².